The van der Waals surface area contributed by atoms with Gasteiger partial charge in [-0.1, -0.05) is 63.6 Å². The van der Waals surface area contributed by atoms with Crippen LogP contribution in [-0.2, 0) is 17.9 Å². The van der Waals surface area contributed by atoms with E-state index in [0.717, 1.165) is 18.7 Å². The van der Waals surface area contributed by atoms with Crippen molar-refractivity contribution >= 4 is 5.91 Å². The number of aryl methyl sites for hydroxylation is 1. The highest BCUT2D eigenvalue weighted by Crippen LogP contribution is 2.26. The molecule has 3 nitrogen and oxygen atoms in total. The van der Waals surface area contributed by atoms with Gasteiger partial charge in [0.25, 0.3) is 0 Å². The van der Waals surface area contributed by atoms with E-state index in [9.17, 15) is 4.79 Å². The van der Waals surface area contributed by atoms with Crippen molar-refractivity contribution in [3.8, 4) is 0 Å². The molecule has 0 aliphatic carbocycles. The molecule has 1 aromatic heterocycles. The van der Waals surface area contributed by atoms with Crippen molar-refractivity contribution in [3.63, 3.8) is 0 Å². The standard InChI is InChI=1S/C25H36N2O/c1-7-13-27(24(28)16-21(3)17-25(4,5)6)19-23-12-9-14-26(23)18-22-11-8-10-20(2)15-22/h7-12,14-15,21H,1,13,16-19H2,2-6H3. The molecule has 0 aliphatic rings. The number of carbonyl (C=O) groups excluding carboxylic acids is 1. The SMILES string of the molecule is C=CCN(Cc1cccn1Cc1cccc(C)c1)C(=O)CC(C)CC(C)(C)C. The molecule has 0 radical (unpaired) electrons. The second kappa shape index (κ2) is 9.77. The summed E-state index contributed by atoms with van der Waals surface area (Å²) in [5.41, 5.74) is 3.94. The van der Waals surface area contributed by atoms with Crippen LogP contribution in [0.4, 0.5) is 0 Å². The predicted octanol–water partition coefficient (Wildman–Crippen LogP) is 5.82. The summed E-state index contributed by atoms with van der Waals surface area (Å²) in [5.74, 6) is 0.582. The summed E-state index contributed by atoms with van der Waals surface area (Å²) >= 11 is 0. The van der Waals surface area contributed by atoms with Crippen molar-refractivity contribution in [1.29, 1.82) is 0 Å². The molecule has 0 saturated carbocycles. The van der Waals surface area contributed by atoms with Gasteiger partial charge in [0.2, 0.25) is 5.91 Å². The molecule has 28 heavy (non-hydrogen) atoms. The van der Waals surface area contributed by atoms with Gasteiger partial charge in [-0.3, -0.25) is 4.79 Å². The fraction of sp³-hybridized carbons (Fsp3) is 0.480. The number of rotatable bonds is 9. The Labute approximate surface area is 171 Å². The van der Waals surface area contributed by atoms with Crippen molar-refractivity contribution in [2.75, 3.05) is 6.54 Å². The first kappa shape index (κ1) is 22.0. The molecule has 0 saturated heterocycles. The Kier molecular flexibility index (Phi) is 7.68. The Morgan fingerprint density at radius 3 is 2.64 bits per heavy atom. The summed E-state index contributed by atoms with van der Waals surface area (Å²) < 4.78 is 2.23. The molecule has 1 heterocycles. The van der Waals surface area contributed by atoms with Gasteiger partial charge in [0, 0.05) is 31.4 Å². The molecule has 0 fully saturated rings. The lowest BCUT2D eigenvalue weighted by atomic mass is 9.84. The Bertz CT molecular complexity index is 782. The Balaban J connectivity index is 2.07. The average molecular weight is 381 g/mol. The van der Waals surface area contributed by atoms with Crippen molar-refractivity contribution < 1.29 is 4.79 Å². The summed E-state index contributed by atoms with van der Waals surface area (Å²) in [4.78, 5) is 14.9. The topological polar surface area (TPSA) is 25.2 Å². The van der Waals surface area contributed by atoms with E-state index in [2.05, 4.69) is 88.4 Å². The predicted molar refractivity (Wildman–Crippen MR) is 118 cm³/mol. The fourth-order valence-corrected chi connectivity index (χ4v) is 3.91. The summed E-state index contributed by atoms with van der Waals surface area (Å²) in [6.45, 7) is 16.8. The second-order valence-corrected chi connectivity index (χ2v) is 9.25. The fourth-order valence-electron chi connectivity index (χ4n) is 3.91. The van der Waals surface area contributed by atoms with Crippen LogP contribution in [0.5, 0.6) is 0 Å². The molecular formula is C25H36N2O. The third kappa shape index (κ3) is 7.03. The first-order valence-corrected chi connectivity index (χ1v) is 10.3. The van der Waals surface area contributed by atoms with E-state index < -0.39 is 0 Å². The molecule has 0 bridgehead atoms. The van der Waals surface area contributed by atoms with Gasteiger partial charge in [-0.15, -0.1) is 6.58 Å². The highest BCUT2D eigenvalue weighted by molar-refractivity contribution is 5.76. The minimum atomic E-state index is 0.208. The smallest absolute Gasteiger partial charge is 0.223 e. The maximum atomic E-state index is 12.9. The minimum Gasteiger partial charge on any atom is -0.345 e. The van der Waals surface area contributed by atoms with Gasteiger partial charge in [0.1, 0.15) is 0 Å². The zero-order chi connectivity index (χ0) is 20.7. The summed E-state index contributed by atoms with van der Waals surface area (Å²) in [6.07, 6.45) is 5.55. The minimum absolute atomic E-state index is 0.208. The average Bonchev–Trinajstić information content (AvgIpc) is 2.99. The summed E-state index contributed by atoms with van der Waals surface area (Å²) in [6, 6.07) is 12.7. The molecule has 152 valence electrons. The van der Waals surface area contributed by atoms with E-state index in [0.29, 0.717) is 25.4 Å². The maximum Gasteiger partial charge on any atom is 0.223 e. The number of nitrogens with zero attached hydrogens (tertiary/aromatic N) is 2. The number of carbonyl (C=O) groups is 1. The Morgan fingerprint density at radius 1 is 1.25 bits per heavy atom. The first-order chi connectivity index (χ1) is 13.2. The number of benzene rings is 1. The van der Waals surface area contributed by atoms with Crippen LogP contribution in [-0.4, -0.2) is 21.9 Å². The monoisotopic (exact) mass is 380 g/mol. The number of hydrogen-bond donors (Lipinski definition) is 0. The quantitative estimate of drug-likeness (QED) is 0.503. The molecule has 2 rings (SSSR count). The van der Waals surface area contributed by atoms with Gasteiger partial charge in [-0.2, -0.15) is 0 Å². The Morgan fingerprint density at radius 2 is 2.00 bits per heavy atom. The summed E-state index contributed by atoms with van der Waals surface area (Å²) in [7, 11) is 0. The van der Waals surface area contributed by atoms with Crippen molar-refractivity contribution in [2.24, 2.45) is 11.3 Å². The number of amides is 1. The normalized spacial score (nSPS) is 12.6. The molecule has 0 N–H and O–H groups in total. The zero-order valence-electron chi connectivity index (χ0n) is 18.2. The van der Waals surface area contributed by atoms with Crippen LogP contribution in [0.3, 0.4) is 0 Å². The van der Waals surface area contributed by atoms with Crippen LogP contribution >= 0.6 is 0 Å². The molecule has 2 aromatic rings. The largest absolute Gasteiger partial charge is 0.345 e. The lowest BCUT2D eigenvalue weighted by molar-refractivity contribution is -0.132. The van der Waals surface area contributed by atoms with Gasteiger partial charge in [0.05, 0.1) is 6.54 Å². The van der Waals surface area contributed by atoms with Crippen molar-refractivity contribution in [1.82, 2.24) is 9.47 Å². The van der Waals surface area contributed by atoms with Crippen molar-refractivity contribution in [3.05, 3.63) is 72.1 Å². The van der Waals surface area contributed by atoms with Crippen LogP contribution in [0.15, 0.2) is 55.3 Å². The lowest BCUT2D eigenvalue weighted by Gasteiger charge is -2.27. The highest BCUT2D eigenvalue weighted by atomic mass is 16.2. The van der Waals surface area contributed by atoms with Crippen molar-refractivity contribution in [2.45, 2.75) is 60.5 Å². The Hall–Kier alpha value is -2.29. The maximum absolute atomic E-state index is 12.9. The first-order valence-electron chi connectivity index (χ1n) is 10.3. The molecule has 1 unspecified atom stereocenters. The van der Waals surface area contributed by atoms with E-state index >= 15 is 0 Å². The third-order valence-corrected chi connectivity index (χ3v) is 4.90. The highest BCUT2D eigenvalue weighted by Gasteiger charge is 2.21. The van der Waals surface area contributed by atoms with Crippen LogP contribution in [0, 0.1) is 18.3 Å². The van der Waals surface area contributed by atoms with E-state index in [1.165, 1.54) is 11.1 Å². The zero-order valence-corrected chi connectivity index (χ0v) is 18.2. The van der Waals surface area contributed by atoms with Crippen LogP contribution in [0.2, 0.25) is 0 Å². The van der Waals surface area contributed by atoms with E-state index in [1.807, 2.05) is 11.0 Å². The molecular weight excluding hydrogens is 344 g/mol. The van der Waals surface area contributed by atoms with Crippen LogP contribution in [0.25, 0.3) is 0 Å². The van der Waals surface area contributed by atoms with Gasteiger partial charge in [0.15, 0.2) is 0 Å². The molecule has 1 aromatic carbocycles. The molecule has 0 aliphatic heterocycles. The van der Waals surface area contributed by atoms with E-state index in [4.69, 9.17) is 0 Å². The van der Waals surface area contributed by atoms with Gasteiger partial charge >= 0.3 is 0 Å². The molecule has 1 atom stereocenters. The van der Waals surface area contributed by atoms with Gasteiger partial charge in [-0.05, 0) is 42.4 Å². The van der Waals surface area contributed by atoms with Gasteiger partial charge < -0.3 is 9.47 Å². The van der Waals surface area contributed by atoms with E-state index in [1.54, 1.807) is 0 Å². The molecule has 3 heteroatoms. The lowest BCUT2D eigenvalue weighted by Crippen LogP contribution is -2.33. The van der Waals surface area contributed by atoms with E-state index in [-0.39, 0.29) is 11.3 Å². The second-order valence-electron chi connectivity index (χ2n) is 9.25. The number of aromatic nitrogens is 1. The molecule has 1 amide bonds. The van der Waals surface area contributed by atoms with Crippen LogP contribution < -0.4 is 0 Å². The van der Waals surface area contributed by atoms with Crippen LogP contribution in [0.1, 0.15) is 57.4 Å². The molecule has 0 spiro atoms. The third-order valence-electron chi connectivity index (χ3n) is 4.90. The summed E-state index contributed by atoms with van der Waals surface area (Å²) in [5, 5.41) is 0. The van der Waals surface area contributed by atoms with Gasteiger partial charge in [-0.25, -0.2) is 0 Å². The number of hydrogen-bond acceptors (Lipinski definition) is 1.